The van der Waals surface area contributed by atoms with Crippen LogP contribution in [0.5, 0.6) is 0 Å². The van der Waals surface area contributed by atoms with Crippen molar-refractivity contribution in [3.05, 3.63) is 18.0 Å². The Balaban J connectivity index is 1.68. The van der Waals surface area contributed by atoms with E-state index in [-0.39, 0.29) is 12.5 Å². The number of halogens is 3. The summed E-state index contributed by atoms with van der Waals surface area (Å²) in [6.07, 6.45) is -3.64. The molecule has 0 saturated carbocycles. The van der Waals surface area contributed by atoms with Crippen molar-refractivity contribution in [2.24, 2.45) is 0 Å². The summed E-state index contributed by atoms with van der Waals surface area (Å²) in [7, 11) is 1.50. The fourth-order valence-corrected chi connectivity index (χ4v) is 2.85. The quantitative estimate of drug-likeness (QED) is 0.917. The van der Waals surface area contributed by atoms with Crippen molar-refractivity contribution >= 4 is 11.5 Å². The van der Waals surface area contributed by atoms with Crippen LogP contribution in [0.3, 0.4) is 0 Å². The van der Waals surface area contributed by atoms with Gasteiger partial charge in [-0.3, -0.25) is 4.90 Å². The normalized spacial score (nSPS) is 23.9. The average Bonchev–Trinajstić information content (AvgIpc) is 2.76. The van der Waals surface area contributed by atoms with Crippen molar-refractivity contribution in [3.63, 3.8) is 0 Å². The first-order chi connectivity index (χ1) is 10.3. The van der Waals surface area contributed by atoms with Gasteiger partial charge in [0.2, 0.25) is 0 Å². The van der Waals surface area contributed by atoms with Gasteiger partial charge in [-0.25, -0.2) is 4.98 Å². The first-order valence-electron chi connectivity index (χ1n) is 7.07. The van der Waals surface area contributed by atoms with Crippen LogP contribution in [0.15, 0.2) is 12.1 Å². The van der Waals surface area contributed by atoms with Gasteiger partial charge in [-0.05, 0) is 38.9 Å². The van der Waals surface area contributed by atoms with Gasteiger partial charge in [0.05, 0.1) is 0 Å². The van der Waals surface area contributed by atoms with E-state index >= 15 is 0 Å². The number of rotatable bonds is 2. The molecular weight excluding hydrogens is 297 g/mol. The maximum atomic E-state index is 12.8. The zero-order valence-corrected chi connectivity index (χ0v) is 12.3. The maximum absolute atomic E-state index is 12.8. The lowest BCUT2D eigenvalue weighted by atomic mass is 9.98. The van der Waals surface area contributed by atoms with Crippen LogP contribution in [0.4, 0.5) is 19.0 Å². The molecule has 2 aromatic rings. The van der Waals surface area contributed by atoms with E-state index < -0.39 is 12.2 Å². The second kappa shape index (κ2) is 5.38. The van der Waals surface area contributed by atoms with Gasteiger partial charge < -0.3 is 5.32 Å². The molecule has 2 atom stereocenters. The Bertz CT molecular complexity index is 667. The van der Waals surface area contributed by atoms with E-state index in [1.54, 1.807) is 19.1 Å². The summed E-state index contributed by atoms with van der Waals surface area (Å²) in [6.45, 7) is 2.09. The molecule has 0 aromatic carbocycles. The summed E-state index contributed by atoms with van der Waals surface area (Å²) >= 11 is 0. The van der Waals surface area contributed by atoms with Crippen molar-refractivity contribution in [3.8, 4) is 0 Å². The molecule has 22 heavy (non-hydrogen) atoms. The summed E-state index contributed by atoms with van der Waals surface area (Å²) in [5.41, 5.74) is 0.640. The van der Waals surface area contributed by atoms with Crippen molar-refractivity contribution < 1.29 is 13.2 Å². The van der Waals surface area contributed by atoms with Crippen molar-refractivity contribution in [2.45, 2.75) is 38.0 Å². The number of anilines is 1. The van der Waals surface area contributed by atoms with E-state index in [9.17, 15) is 13.2 Å². The number of likely N-dealkylation sites (N-methyl/N-ethyl adjacent to an activating group) is 1. The number of likely N-dealkylation sites (tertiary alicyclic amines) is 1. The largest absolute Gasteiger partial charge is 0.404 e. The average molecular weight is 314 g/mol. The number of fused-ring (bicyclic) bond motifs is 1. The fraction of sp³-hybridized carbons (Fsp3) is 0.615. The van der Waals surface area contributed by atoms with Crippen LogP contribution in [0, 0.1) is 6.92 Å². The molecule has 0 amide bonds. The lowest BCUT2D eigenvalue weighted by molar-refractivity contribution is -0.187. The van der Waals surface area contributed by atoms with E-state index in [1.165, 1.54) is 16.6 Å². The number of alkyl halides is 3. The summed E-state index contributed by atoms with van der Waals surface area (Å²) < 4.78 is 39.9. The van der Waals surface area contributed by atoms with Crippen LogP contribution in [-0.4, -0.2) is 56.6 Å². The Morgan fingerprint density at radius 1 is 1.23 bits per heavy atom. The van der Waals surface area contributed by atoms with Gasteiger partial charge in [0.1, 0.15) is 17.7 Å². The highest BCUT2D eigenvalue weighted by molar-refractivity contribution is 5.44. The summed E-state index contributed by atoms with van der Waals surface area (Å²) in [5.74, 6) is 1.20. The SMILES string of the molecule is Cc1nc2ccc(NC3CCC(C(F)(F)F)N(C)C3)nn2n1. The van der Waals surface area contributed by atoms with Crippen molar-refractivity contribution in [2.75, 3.05) is 18.9 Å². The standard InChI is InChI=1S/C13H17F3N6/c1-8-17-12-6-5-11(20-22(12)19-8)18-9-3-4-10(13(14,15)16)21(2)7-9/h5-6,9-10H,3-4,7H2,1-2H3,(H,18,20). The molecule has 1 saturated heterocycles. The van der Waals surface area contributed by atoms with Crippen LogP contribution in [-0.2, 0) is 0 Å². The highest BCUT2D eigenvalue weighted by Gasteiger charge is 2.44. The number of nitrogens with zero attached hydrogens (tertiary/aromatic N) is 5. The van der Waals surface area contributed by atoms with E-state index in [0.29, 0.717) is 30.3 Å². The highest BCUT2D eigenvalue weighted by Crippen LogP contribution is 2.31. The molecule has 2 aromatic heterocycles. The van der Waals surface area contributed by atoms with Gasteiger partial charge in [0.15, 0.2) is 5.65 Å². The molecule has 3 heterocycles. The van der Waals surface area contributed by atoms with E-state index in [0.717, 1.165) is 0 Å². The Labute approximate surface area is 125 Å². The van der Waals surface area contributed by atoms with Gasteiger partial charge >= 0.3 is 6.18 Å². The van der Waals surface area contributed by atoms with Crippen LogP contribution < -0.4 is 5.32 Å². The number of piperidine rings is 1. The topological polar surface area (TPSA) is 58.4 Å². The van der Waals surface area contributed by atoms with Crippen LogP contribution in [0.2, 0.25) is 0 Å². The Morgan fingerprint density at radius 3 is 2.68 bits per heavy atom. The van der Waals surface area contributed by atoms with Gasteiger partial charge in [-0.15, -0.1) is 14.8 Å². The third-order valence-corrected chi connectivity index (χ3v) is 3.87. The monoisotopic (exact) mass is 314 g/mol. The molecule has 0 spiro atoms. The number of hydrogen-bond acceptors (Lipinski definition) is 5. The molecule has 1 aliphatic rings. The van der Waals surface area contributed by atoms with Gasteiger partial charge in [0.25, 0.3) is 0 Å². The maximum Gasteiger partial charge on any atom is 0.404 e. The molecular formula is C13H17F3N6. The van der Waals surface area contributed by atoms with E-state index in [2.05, 4.69) is 20.5 Å². The summed E-state index contributed by atoms with van der Waals surface area (Å²) in [5, 5.41) is 11.6. The molecule has 1 fully saturated rings. The van der Waals surface area contributed by atoms with E-state index in [4.69, 9.17) is 0 Å². The van der Waals surface area contributed by atoms with Crippen molar-refractivity contribution in [1.29, 1.82) is 0 Å². The fourth-order valence-electron chi connectivity index (χ4n) is 2.85. The number of nitrogens with one attached hydrogen (secondary N) is 1. The second-order valence-electron chi connectivity index (χ2n) is 5.64. The molecule has 3 rings (SSSR count). The third kappa shape index (κ3) is 2.99. The zero-order valence-electron chi connectivity index (χ0n) is 12.3. The Hall–Kier alpha value is -1.90. The smallest absolute Gasteiger partial charge is 0.365 e. The number of aryl methyl sites for hydroxylation is 1. The lowest BCUT2D eigenvalue weighted by Gasteiger charge is -2.38. The Kier molecular flexibility index (Phi) is 3.67. The minimum atomic E-state index is -4.17. The summed E-state index contributed by atoms with van der Waals surface area (Å²) in [6, 6.07) is 2.11. The van der Waals surface area contributed by atoms with Gasteiger partial charge in [-0.2, -0.15) is 13.2 Å². The van der Waals surface area contributed by atoms with Gasteiger partial charge in [0, 0.05) is 12.6 Å². The molecule has 9 heteroatoms. The first-order valence-corrected chi connectivity index (χ1v) is 7.07. The minimum Gasteiger partial charge on any atom is -0.365 e. The first kappa shape index (κ1) is 15.0. The lowest BCUT2D eigenvalue weighted by Crippen LogP contribution is -2.52. The van der Waals surface area contributed by atoms with Crippen LogP contribution in [0.1, 0.15) is 18.7 Å². The Morgan fingerprint density at radius 2 is 2.00 bits per heavy atom. The van der Waals surface area contributed by atoms with Gasteiger partial charge in [-0.1, -0.05) is 0 Å². The molecule has 0 aliphatic carbocycles. The minimum absolute atomic E-state index is 0.0711. The van der Waals surface area contributed by atoms with Crippen LogP contribution >= 0.6 is 0 Å². The highest BCUT2D eigenvalue weighted by atomic mass is 19.4. The van der Waals surface area contributed by atoms with E-state index in [1.807, 2.05) is 0 Å². The number of hydrogen-bond donors (Lipinski definition) is 1. The summed E-state index contributed by atoms with van der Waals surface area (Å²) in [4.78, 5) is 5.52. The number of aromatic nitrogens is 4. The predicted octanol–water partition coefficient (Wildman–Crippen LogP) is 1.87. The van der Waals surface area contributed by atoms with Crippen molar-refractivity contribution in [1.82, 2.24) is 24.7 Å². The second-order valence-corrected chi connectivity index (χ2v) is 5.64. The molecule has 0 bridgehead atoms. The third-order valence-electron chi connectivity index (χ3n) is 3.87. The molecule has 1 N–H and O–H groups in total. The molecule has 1 aliphatic heterocycles. The zero-order chi connectivity index (χ0) is 15.9. The molecule has 0 radical (unpaired) electrons. The molecule has 6 nitrogen and oxygen atoms in total. The molecule has 120 valence electrons. The molecule has 2 unspecified atom stereocenters. The predicted molar refractivity (Wildman–Crippen MR) is 74.6 cm³/mol. The van der Waals surface area contributed by atoms with Crippen LogP contribution in [0.25, 0.3) is 5.65 Å².